The number of fused-ring (bicyclic) bond motifs is 3. The Hall–Kier alpha value is -1.54. The van der Waals surface area contributed by atoms with Crippen LogP contribution in [0.1, 0.15) is 46.8 Å². The van der Waals surface area contributed by atoms with Crippen molar-refractivity contribution in [3.05, 3.63) is 49.0 Å². The van der Waals surface area contributed by atoms with E-state index in [1.54, 1.807) is 22.7 Å². The maximum absolute atomic E-state index is 12.8. The van der Waals surface area contributed by atoms with Gasteiger partial charge in [0.1, 0.15) is 10.7 Å². The number of aromatic nitrogens is 2. The number of aryl methyl sites for hydroxylation is 2. The van der Waals surface area contributed by atoms with Gasteiger partial charge in [-0.25, -0.2) is 4.98 Å². The Morgan fingerprint density at radius 2 is 2.18 bits per heavy atom. The molecule has 1 atom stereocenters. The van der Waals surface area contributed by atoms with Crippen molar-refractivity contribution in [3.8, 4) is 0 Å². The van der Waals surface area contributed by atoms with Crippen LogP contribution in [0.5, 0.6) is 0 Å². The predicted octanol–water partition coefficient (Wildman–Crippen LogP) is 4.11. The minimum Gasteiger partial charge on any atom is -0.377 e. The monoisotopic (exact) mass is 415 g/mol. The average molecular weight is 416 g/mol. The normalized spacial score (nSPS) is 19.5. The highest BCUT2D eigenvalue weighted by Crippen LogP contribution is 2.33. The fourth-order valence-electron chi connectivity index (χ4n) is 4.38. The quantitative estimate of drug-likeness (QED) is 0.658. The van der Waals surface area contributed by atoms with Crippen molar-refractivity contribution in [3.63, 3.8) is 0 Å². The first kappa shape index (κ1) is 18.5. The molecule has 4 heterocycles. The smallest absolute Gasteiger partial charge is 0.259 e. The van der Waals surface area contributed by atoms with E-state index in [-0.39, 0.29) is 11.7 Å². The lowest BCUT2D eigenvalue weighted by atomic mass is 9.97. The van der Waals surface area contributed by atoms with Crippen molar-refractivity contribution in [2.45, 2.75) is 57.7 Å². The third-order valence-corrected chi connectivity index (χ3v) is 7.74. The molecule has 1 N–H and O–H groups in total. The van der Waals surface area contributed by atoms with Gasteiger partial charge in [-0.1, -0.05) is 6.07 Å². The van der Waals surface area contributed by atoms with Crippen LogP contribution in [-0.4, -0.2) is 34.1 Å². The Bertz CT molecular complexity index is 1000. The van der Waals surface area contributed by atoms with Crippen LogP contribution in [0, 0.1) is 0 Å². The number of H-pyrrole nitrogens is 1. The molecule has 1 saturated heterocycles. The second-order valence-corrected chi connectivity index (χ2v) is 9.90. The minimum atomic E-state index is 0.0348. The highest BCUT2D eigenvalue weighted by Gasteiger charge is 2.23. The van der Waals surface area contributed by atoms with Crippen LogP contribution in [0.3, 0.4) is 0 Å². The lowest BCUT2D eigenvalue weighted by Crippen LogP contribution is -2.32. The topological polar surface area (TPSA) is 58.2 Å². The Kier molecular flexibility index (Phi) is 5.32. The first-order valence-electron chi connectivity index (χ1n) is 10.2. The van der Waals surface area contributed by atoms with Gasteiger partial charge in [0.05, 0.1) is 18.0 Å². The summed E-state index contributed by atoms with van der Waals surface area (Å²) in [6.45, 7) is 3.24. The van der Waals surface area contributed by atoms with Crippen molar-refractivity contribution >= 4 is 32.9 Å². The van der Waals surface area contributed by atoms with Crippen molar-refractivity contribution in [1.29, 1.82) is 0 Å². The van der Waals surface area contributed by atoms with Crippen LogP contribution in [0.2, 0.25) is 0 Å². The zero-order valence-electron chi connectivity index (χ0n) is 15.9. The summed E-state index contributed by atoms with van der Waals surface area (Å²) < 4.78 is 5.86. The second kappa shape index (κ2) is 8.06. The molecule has 0 radical (unpaired) electrons. The molecule has 0 aromatic carbocycles. The number of thiophene rings is 2. The van der Waals surface area contributed by atoms with Gasteiger partial charge in [0.25, 0.3) is 5.56 Å². The summed E-state index contributed by atoms with van der Waals surface area (Å²) in [5.74, 6) is 0.769. The van der Waals surface area contributed by atoms with E-state index in [4.69, 9.17) is 9.72 Å². The maximum atomic E-state index is 12.8. The molecule has 7 heteroatoms. The van der Waals surface area contributed by atoms with E-state index in [1.807, 2.05) is 0 Å². The fraction of sp³-hybridized carbons (Fsp3) is 0.524. The van der Waals surface area contributed by atoms with Gasteiger partial charge in [-0.05, 0) is 55.5 Å². The molecular formula is C21H25N3O2S2. The number of nitrogens with one attached hydrogen (secondary N) is 1. The summed E-state index contributed by atoms with van der Waals surface area (Å²) in [5, 5.41) is 2.95. The van der Waals surface area contributed by atoms with Crippen molar-refractivity contribution in [2.75, 3.05) is 13.2 Å². The van der Waals surface area contributed by atoms with Crippen molar-refractivity contribution in [2.24, 2.45) is 0 Å². The standard InChI is InChI=1S/C21H25N3O2S2/c25-20-19-16-7-1-2-8-17(16)28-21(19)23-18(22-20)13-24(11-14-5-3-9-26-14)12-15-6-4-10-27-15/h4,6,10,14H,1-3,5,7-9,11-13H2,(H,22,23,25)/t14-/m0/s1. The number of ether oxygens (including phenoxy) is 1. The molecule has 28 heavy (non-hydrogen) atoms. The summed E-state index contributed by atoms with van der Waals surface area (Å²) >= 11 is 3.49. The Morgan fingerprint density at radius 1 is 1.25 bits per heavy atom. The van der Waals surface area contributed by atoms with Crippen LogP contribution < -0.4 is 5.56 Å². The van der Waals surface area contributed by atoms with Gasteiger partial charge in [0, 0.05) is 29.5 Å². The average Bonchev–Trinajstić information content (AvgIpc) is 3.41. The van der Waals surface area contributed by atoms with Crippen LogP contribution in [0.15, 0.2) is 22.3 Å². The van der Waals surface area contributed by atoms with E-state index < -0.39 is 0 Å². The molecule has 3 aromatic rings. The van der Waals surface area contributed by atoms with E-state index in [9.17, 15) is 4.79 Å². The molecule has 1 aliphatic carbocycles. The summed E-state index contributed by atoms with van der Waals surface area (Å²) in [6.07, 6.45) is 7.04. The molecule has 1 fully saturated rings. The van der Waals surface area contributed by atoms with Gasteiger partial charge < -0.3 is 9.72 Å². The molecule has 5 nitrogen and oxygen atoms in total. The Morgan fingerprint density at radius 3 is 3.00 bits per heavy atom. The number of rotatable bonds is 6. The Balaban J connectivity index is 1.42. The number of hydrogen-bond donors (Lipinski definition) is 1. The van der Waals surface area contributed by atoms with Crippen LogP contribution >= 0.6 is 22.7 Å². The van der Waals surface area contributed by atoms with E-state index in [2.05, 4.69) is 27.4 Å². The van der Waals surface area contributed by atoms with Gasteiger partial charge in [0.15, 0.2) is 0 Å². The first-order valence-corrected chi connectivity index (χ1v) is 11.9. The highest BCUT2D eigenvalue weighted by molar-refractivity contribution is 7.18. The molecule has 0 spiro atoms. The Labute approximate surface area is 172 Å². The maximum Gasteiger partial charge on any atom is 0.259 e. The van der Waals surface area contributed by atoms with E-state index in [1.165, 1.54) is 28.2 Å². The molecule has 0 saturated carbocycles. The molecular weight excluding hydrogens is 390 g/mol. The molecule has 148 valence electrons. The van der Waals surface area contributed by atoms with E-state index in [0.29, 0.717) is 6.54 Å². The number of hydrogen-bond acceptors (Lipinski definition) is 6. The van der Waals surface area contributed by atoms with Gasteiger partial charge in [-0.3, -0.25) is 9.69 Å². The van der Waals surface area contributed by atoms with E-state index >= 15 is 0 Å². The second-order valence-electron chi connectivity index (χ2n) is 7.79. The molecule has 0 unspecified atom stereocenters. The molecule has 1 aliphatic heterocycles. The lowest BCUT2D eigenvalue weighted by molar-refractivity contribution is 0.0674. The third kappa shape index (κ3) is 3.81. The molecule has 3 aromatic heterocycles. The summed E-state index contributed by atoms with van der Waals surface area (Å²) in [4.78, 5) is 26.8. The zero-order valence-corrected chi connectivity index (χ0v) is 17.5. The zero-order chi connectivity index (χ0) is 18.9. The predicted molar refractivity (Wildman–Crippen MR) is 114 cm³/mol. The number of nitrogens with zero attached hydrogens (tertiary/aromatic N) is 2. The summed E-state index contributed by atoms with van der Waals surface area (Å²) in [7, 11) is 0. The summed E-state index contributed by atoms with van der Waals surface area (Å²) in [6, 6.07) is 4.26. The van der Waals surface area contributed by atoms with Gasteiger partial charge in [-0.15, -0.1) is 22.7 Å². The third-order valence-electron chi connectivity index (χ3n) is 5.69. The minimum absolute atomic E-state index is 0.0348. The van der Waals surface area contributed by atoms with Crippen molar-refractivity contribution in [1.82, 2.24) is 14.9 Å². The van der Waals surface area contributed by atoms with Gasteiger partial charge >= 0.3 is 0 Å². The van der Waals surface area contributed by atoms with Crippen LogP contribution in [-0.2, 0) is 30.7 Å². The lowest BCUT2D eigenvalue weighted by Gasteiger charge is -2.24. The van der Waals surface area contributed by atoms with Gasteiger partial charge in [-0.2, -0.15) is 0 Å². The first-order chi connectivity index (χ1) is 13.8. The van der Waals surface area contributed by atoms with Crippen LogP contribution in [0.4, 0.5) is 0 Å². The van der Waals surface area contributed by atoms with Gasteiger partial charge in [0.2, 0.25) is 0 Å². The molecule has 2 aliphatic rings. The fourth-order valence-corrected chi connectivity index (χ4v) is 6.41. The molecule has 0 amide bonds. The molecule has 5 rings (SSSR count). The highest BCUT2D eigenvalue weighted by atomic mass is 32.1. The molecule has 0 bridgehead atoms. The largest absolute Gasteiger partial charge is 0.377 e. The SMILES string of the molecule is O=c1[nH]c(CN(Cc2cccs2)C[C@@H]2CCCO2)nc2sc3c(c12)CCCC3. The van der Waals surface area contributed by atoms with E-state index in [0.717, 1.165) is 61.4 Å². The summed E-state index contributed by atoms with van der Waals surface area (Å²) in [5.41, 5.74) is 1.29. The number of aromatic amines is 1. The van der Waals surface area contributed by atoms with Crippen molar-refractivity contribution < 1.29 is 4.74 Å². The van der Waals surface area contributed by atoms with Crippen LogP contribution in [0.25, 0.3) is 10.2 Å².